The Morgan fingerprint density at radius 3 is 2.56 bits per heavy atom. The molecule has 0 unspecified atom stereocenters. The van der Waals surface area contributed by atoms with Crippen LogP contribution in [-0.4, -0.2) is 12.3 Å². The quantitative estimate of drug-likeness (QED) is 0.740. The van der Waals surface area contributed by atoms with Gasteiger partial charge in [-0.1, -0.05) is 17.7 Å². The number of benzene rings is 1. The van der Waals surface area contributed by atoms with E-state index in [1.165, 1.54) is 6.07 Å². The summed E-state index contributed by atoms with van der Waals surface area (Å²) in [6.45, 7) is 1.64. The Labute approximate surface area is 94.6 Å². The molecular weight excluding hydrogens is 245 g/mol. The zero-order valence-corrected chi connectivity index (χ0v) is 8.91. The van der Waals surface area contributed by atoms with E-state index in [1.54, 1.807) is 19.1 Å². The van der Waals surface area contributed by atoms with Gasteiger partial charge in [0.15, 0.2) is 0 Å². The number of aryl methyl sites for hydroxylation is 1. The van der Waals surface area contributed by atoms with E-state index in [-0.39, 0.29) is 5.69 Å². The number of alkyl halides is 3. The van der Waals surface area contributed by atoms with E-state index < -0.39 is 12.3 Å². The Hall–Kier alpha value is -1.43. The highest BCUT2D eigenvalue weighted by molar-refractivity contribution is 6.31. The van der Waals surface area contributed by atoms with Gasteiger partial charge in [0.25, 0.3) is 0 Å². The van der Waals surface area contributed by atoms with Crippen LogP contribution in [0.3, 0.4) is 0 Å². The molecule has 0 bridgehead atoms. The van der Waals surface area contributed by atoms with Crippen molar-refractivity contribution in [3.63, 3.8) is 0 Å². The fourth-order valence-electron chi connectivity index (χ4n) is 1.01. The minimum atomic E-state index is -4.75. The van der Waals surface area contributed by atoms with E-state index >= 15 is 0 Å². The molecule has 0 radical (unpaired) electrons. The number of carbonyl (C=O) groups excluding carboxylic acids is 1. The fraction of sp³-hybridized carbons (Fsp3) is 0.222. The largest absolute Gasteiger partial charge is 0.485 e. The molecule has 1 rings (SSSR count). The van der Waals surface area contributed by atoms with Gasteiger partial charge < -0.3 is 5.32 Å². The van der Waals surface area contributed by atoms with E-state index in [0.717, 1.165) is 5.32 Å². The van der Waals surface area contributed by atoms with Gasteiger partial charge in [-0.25, -0.2) is 10.1 Å². The van der Waals surface area contributed by atoms with Crippen molar-refractivity contribution in [2.24, 2.45) is 0 Å². The van der Waals surface area contributed by atoms with Crippen molar-refractivity contribution in [2.75, 3.05) is 5.32 Å². The summed E-state index contributed by atoms with van der Waals surface area (Å²) in [5.74, 6) is 0. The van der Waals surface area contributed by atoms with Gasteiger partial charge in [-0.3, -0.25) is 0 Å². The number of hydrogen-bond donors (Lipinski definition) is 2. The predicted octanol–water partition coefficient (Wildman–Crippen LogP) is 3.29. The Bertz CT molecular complexity index is 406. The molecule has 0 aliphatic heterocycles. The summed E-state index contributed by atoms with van der Waals surface area (Å²) in [7, 11) is 0. The second-order valence-corrected chi connectivity index (χ2v) is 3.47. The molecule has 0 aliphatic carbocycles. The molecule has 0 heterocycles. The van der Waals surface area contributed by atoms with Crippen LogP contribution in [0.25, 0.3) is 0 Å². The second kappa shape index (κ2) is 4.61. The number of urea groups is 1. The zero-order chi connectivity index (χ0) is 12.3. The average molecular weight is 253 g/mol. The first kappa shape index (κ1) is 12.6. The van der Waals surface area contributed by atoms with Crippen molar-refractivity contribution in [2.45, 2.75) is 13.2 Å². The van der Waals surface area contributed by atoms with Crippen LogP contribution in [0.4, 0.5) is 23.7 Å². The summed E-state index contributed by atoms with van der Waals surface area (Å²) < 4.78 is 35.4. The van der Waals surface area contributed by atoms with Crippen molar-refractivity contribution in [3.05, 3.63) is 28.8 Å². The molecule has 3 nitrogen and oxygen atoms in total. The van der Waals surface area contributed by atoms with E-state index in [0.29, 0.717) is 10.6 Å². The lowest BCUT2D eigenvalue weighted by Gasteiger charge is -2.11. The second-order valence-electron chi connectivity index (χ2n) is 3.04. The van der Waals surface area contributed by atoms with Crippen LogP contribution in [0.1, 0.15) is 5.56 Å². The number of hydrogen-bond acceptors (Lipinski definition) is 1. The standard InChI is InChI=1S/C9H8ClF3N2O/c1-5-2-3-6(10)4-7(5)14-8(16)15-9(11,12)13/h2-4H,1H3,(H2,14,15,16). The highest BCUT2D eigenvalue weighted by Gasteiger charge is 2.30. The average Bonchev–Trinajstić information content (AvgIpc) is 2.08. The van der Waals surface area contributed by atoms with Gasteiger partial charge in [0, 0.05) is 10.7 Å². The number of rotatable bonds is 1. The topological polar surface area (TPSA) is 41.1 Å². The highest BCUT2D eigenvalue weighted by atomic mass is 35.5. The predicted molar refractivity (Wildman–Crippen MR) is 54.4 cm³/mol. The molecule has 7 heteroatoms. The fourth-order valence-corrected chi connectivity index (χ4v) is 1.18. The zero-order valence-electron chi connectivity index (χ0n) is 8.15. The summed E-state index contributed by atoms with van der Waals surface area (Å²) in [5.41, 5.74) is 0.843. The van der Waals surface area contributed by atoms with Gasteiger partial charge in [-0.2, -0.15) is 13.2 Å². The first-order valence-corrected chi connectivity index (χ1v) is 4.58. The van der Waals surface area contributed by atoms with Crippen LogP contribution in [0, 0.1) is 6.92 Å². The maximum Gasteiger partial charge on any atom is 0.485 e. The maximum atomic E-state index is 11.8. The monoisotopic (exact) mass is 252 g/mol. The number of anilines is 1. The van der Waals surface area contributed by atoms with E-state index in [9.17, 15) is 18.0 Å². The van der Waals surface area contributed by atoms with Crippen molar-refractivity contribution in [1.82, 2.24) is 5.32 Å². The minimum Gasteiger partial charge on any atom is -0.307 e. The molecule has 0 saturated heterocycles. The van der Waals surface area contributed by atoms with Crippen molar-refractivity contribution < 1.29 is 18.0 Å². The normalized spacial score (nSPS) is 11.1. The summed E-state index contributed by atoms with van der Waals surface area (Å²) >= 11 is 5.64. The van der Waals surface area contributed by atoms with E-state index in [1.807, 2.05) is 0 Å². The van der Waals surface area contributed by atoms with Gasteiger partial charge >= 0.3 is 12.3 Å². The molecule has 0 atom stereocenters. The number of nitrogens with one attached hydrogen (secondary N) is 2. The summed E-state index contributed by atoms with van der Waals surface area (Å²) in [4.78, 5) is 10.9. The first-order chi connectivity index (χ1) is 7.28. The van der Waals surface area contributed by atoms with Crippen molar-refractivity contribution >= 4 is 23.3 Å². The number of amides is 2. The number of carbonyl (C=O) groups is 1. The molecule has 1 aromatic rings. The lowest BCUT2D eigenvalue weighted by Crippen LogP contribution is -2.40. The Morgan fingerprint density at radius 2 is 2.00 bits per heavy atom. The Balaban J connectivity index is 2.73. The molecular formula is C9H8ClF3N2O. The van der Waals surface area contributed by atoms with Crippen LogP contribution in [0.5, 0.6) is 0 Å². The maximum absolute atomic E-state index is 11.8. The Kier molecular flexibility index (Phi) is 3.64. The van der Waals surface area contributed by atoms with E-state index in [2.05, 4.69) is 5.32 Å². The molecule has 88 valence electrons. The summed E-state index contributed by atoms with van der Waals surface area (Å²) in [6.07, 6.45) is -4.75. The van der Waals surface area contributed by atoms with E-state index in [4.69, 9.17) is 11.6 Å². The minimum absolute atomic E-state index is 0.231. The third kappa shape index (κ3) is 3.98. The van der Waals surface area contributed by atoms with Gasteiger partial charge in [0.05, 0.1) is 0 Å². The molecule has 2 N–H and O–H groups in total. The van der Waals surface area contributed by atoms with Crippen molar-refractivity contribution in [3.8, 4) is 0 Å². The SMILES string of the molecule is Cc1ccc(Cl)cc1NC(=O)NC(F)(F)F. The first-order valence-electron chi connectivity index (χ1n) is 4.20. The summed E-state index contributed by atoms with van der Waals surface area (Å²) in [5, 5.41) is 3.20. The van der Waals surface area contributed by atoms with Crippen molar-refractivity contribution in [1.29, 1.82) is 0 Å². The molecule has 0 saturated carbocycles. The summed E-state index contributed by atoms with van der Waals surface area (Å²) in [6, 6.07) is 3.18. The van der Waals surface area contributed by atoms with Gasteiger partial charge in [-0.05, 0) is 24.6 Å². The molecule has 1 aromatic carbocycles. The number of halogens is 4. The van der Waals surface area contributed by atoms with Crippen LogP contribution in [-0.2, 0) is 0 Å². The molecule has 16 heavy (non-hydrogen) atoms. The Morgan fingerprint density at radius 1 is 1.38 bits per heavy atom. The molecule has 0 aromatic heterocycles. The smallest absolute Gasteiger partial charge is 0.307 e. The molecule has 0 fully saturated rings. The molecule has 0 aliphatic rings. The third-order valence-corrected chi connectivity index (χ3v) is 1.94. The van der Waals surface area contributed by atoms with Gasteiger partial charge in [0.1, 0.15) is 0 Å². The van der Waals surface area contributed by atoms with Crippen LogP contribution in [0.2, 0.25) is 5.02 Å². The van der Waals surface area contributed by atoms with Gasteiger partial charge in [0.2, 0.25) is 0 Å². The lowest BCUT2D eigenvalue weighted by molar-refractivity contribution is -0.144. The van der Waals surface area contributed by atoms with Crippen LogP contribution >= 0.6 is 11.6 Å². The van der Waals surface area contributed by atoms with Gasteiger partial charge in [-0.15, -0.1) is 0 Å². The van der Waals surface area contributed by atoms with Crippen LogP contribution in [0.15, 0.2) is 18.2 Å². The molecule has 2 amide bonds. The van der Waals surface area contributed by atoms with Crippen LogP contribution < -0.4 is 10.6 Å². The lowest BCUT2D eigenvalue weighted by atomic mass is 10.2. The molecule has 0 spiro atoms. The third-order valence-electron chi connectivity index (χ3n) is 1.70. The highest BCUT2D eigenvalue weighted by Crippen LogP contribution is 2.20.